The van der Waals surface area contributed by atoms with Crippen LogP contribution in [0.25, 0.3) is 0 Å². The molecule has 1 unspecified atom stereocenters. The number of benzene rings is 1. The van der Waals surface area contributed by atoms with Crippen molar-refractivity contribution in [3.8, 4) is 0 Å². The van der Waals surface area contributed by atoms with Gasteiger partial charge in [0, 0.05) is 19.6 Å². The first-order chi connectivity index (χ1) is 8.83. The molecule has 0 aliphatic carbocycles. The van der Waals surface area contributed by atoms with Crippen LogP contribution in [-0.4, -0.2) is 39.3 Å². The van der Waals surface area contributed by atoms with Crippen molar-refractivity contribution in [3.63, 3.8) is 0 Å². The Kier molecular flexibility index (Phi) is 5.93. The van der Waals surface area contributed by atoms with Gasteiger partial charge in [-0.1, -0.05) is 6.07 Å². The molecule has 0 radical (unpaired) electrons. The van der Waals surface area contributed by atoms with Gasteiger partial charge in [-0.3, -0.25) is 0 Å². The van der Waals surface area contributed by atoms with E-state index < -0.39 is 16.1 Å². The second kappa shape index (κ2) is 7.00. The van der Waals surface area contributed by atoms with Gasteiger partial charge in [-0.05, 0) is 44.0 Å². The van der Waals surface area contributed by atoms with E-state index in [1.54, 1.807) is 25.1 Å². The van der Waals surface area contributed by atoms with Crippen LogP contribution in [0.5, 0.6) is 0 Å². The number of nitrogens with one attached hydrogen (secondary N) is 2. The highest BCUT2D eigenvalue weighted by atomic mass is 32.2. The second-order valence-corrected chi connectivity index (χ2v) is 6.46. The molecule has 1 aromatic carbocycles. The molecule has 0 saturated carbocycles. The minimum Gasteiger partial charge on any atom is -0.392 e. The van der Waals surface area contributed by atoms with Crippen LogP contribution in [0, 0.1) is 13.8 Å². The molecule has 0 amide bonds. The van der Waals surface area contributed by atoms with E-state index in [0.717, 1.165) is 11.1 Å². The molecule has 5 nitrogen and oxygen atoms in total. The van der Waals surface area contributed by atoms with E-state index in [1.165, 1.54) is 0 Å². The second-order valence-electron chi connectivity index (χ2n) is 4.70. The van der Waals surface area contributed by atoms with E-state index in [9.17, 15) is 8.42 Å². The lowest BCUT2D eigenvalue weighted by Crippen LogP contribution is -2.34. The van der Waals surface area contributed by atoms with Crippen LogP contribution in [0.3, 0.4) is 0 Å². The number of aliphatic hydroxyl groups excluding tert-OH is 1. The van der Waals surface area contributed by atoms with Crippen molar-refractivity contribution < 1.29 is 13.5 Å². The Hall–Kier alpha value is -0.950. The summed E-state index contributed by atoms with van der Waals surface area (Å²) in [5.74, 6) is 0. The van der Waals surface area contributed by atoms with Gasteiger partial charge in [0.2, 0.25) is 10.0 Å². The summed E-state index contributed by atoms with van der Waals surface area (Å²) in [7, 11) is -3.45. The first-order valence-electron chi connectivity index (χ1n) is 6.28. The normalized spacial score (nSPS) is 13.5. The summed E-state index contributed by atoms with van der Waals surface area (Å²) in [6, 6.07) is 5.07. The Labute approximate surface area is 115 Å². The summed E-state index contributed by atoms with van der Waals surface area (Å²) in [5.41, 5.74) is 2.02. The molecular formula is C13H22N2O3S. The van der Waals surface area contributed by atoms with Gasteiger partial charge >= 0.3 is 0 Å². The van der Waals surface area contributed by atoms with E-state index in [4.69, 9.17) is 5.11 Å². The number of sulfonamides is 1. The molecule has 0 aliphatic heterocycles. The molecule has 3 N–H and O–H groups in total. The number of hydrogen-bond acceptors (Lipinski definition) is 4. The first-order valence-corrected chi connectivity index (χ1v) is 7.77. The van der Waals surface area contributed by atoms with Crippen molar-refractivity contribution in [1.29, 1.82) is 0 Å². The third kappa shape index (κ3) is 5.28. The van der Waals surface area contributed by atoms with E-state index in [0.29, 0.717) is 19.6 Å². The van der Waals surface area contributed by atoms with E-state index in [1.807, 2.05) is 13.8 Å². The van der Waals surface area contributed by atoms with Crippen LogP contribution in [0.2, 0.25) is 0 Å². The van der Waals surface area contributed by atoms with Gasteiger partial charge in [0.15, 0.2) is 0 Å². The van der Waals surface area contributed by atoms with Crippen molar-refractivity contribution in [1.82, 2.24) is 10.0 Å². The van der Waals surface area contributed by atoms with Gasteiger partial charge in [-0.2, -0.15) is 0 Å². The molecule has 6 heteroatoms. The zero-order chi connectivity index (χ0) is 14.5. The maximum Gasteiger partial charge on any atom is 0.240 e. The average Bonchev–Trinajstić information content (AvgIpc) is 2.31. The molecule has 0 heterocycles. The van der Waals surface area contributed by atoms with Crippen LogP contribution >= 0.6 is 0 Å². The molecule has 0 saturated heterocycles. The van der Waals surface area contributed by atoms with Crippen LogP contribution < -0.4 is 10.0 Å². The predicted molar refractivity (Wildman–Crippen MR) is 75.7 cm³/mol. The Morgan fingerprint density at radius 3 is 2.47 bits per heavy atom. The minimum absolute atomic E-state index is 0.283. The van der Waals surface area contributed by atoms with Gasteiger partial charge in [0.1, 0.15) is 0 Å². The number of rotatable bonds is 7. The van der Waals surface area contributed by atoms with Gasteiger partial charge in [0.25, 0.3) is 0 Å². The molecule has 1 rings (SSSR count). The highest BCUT2D eigenvalue weighted by molar-refractivity contribution is 7.89. The van der Waals surface area contributed by atoms with Gasteiger partial charge in [-0.15, -0.1) is 0 Å². The SMILES string of the molecule is Cc1ccc(S(=O)(=O)NCCNCC(C)O)cc1C. The molecule has 108 valence electrons. The van der Waals surface area contributed by atoms with Crippen molar-refractivity contribution in [3.05, 3.63) is 29.3 Å². The molecule has 0 aliphatic rings. The van der Waals surface area contributed by atoms with Crippen molar-refractivity contribution in [2.75, 3.05) is 19.6 Å². The van der Waals surface area contributed by atoms with E-state index in [2.05, 4.69) is 10.0 Å². The fourth-order valence-corrected chi connectivity index (χ4v) is 2.67. The van der Waals surface area contributed by atoms with Crippen molar-refractivity contribution >= 4 is 10.0 Å². The van der Waals surface area contributed by atoms with Crippen LogP contribution in [-0.2, 0) is 10.0 Å². The number of aliphatic hydroxyl groups is 1. The van der Waals surface area contributed by atoms with E-state index in [-0.39, 0.29) is 4.90 Å². The van der Waals surface area contributed by atoms with Crippen molar-refractivity contribution in [2.24, 2.45) is 0 Å². The van der Waals surface area contributed by atoms with Gasteiger partial charge in [0.05, 0.1) is 11.0 Å². The molecule has 0 fully saturated rings. The van der Waals surface area contributed by atoms with Crippen LogP contribution in [0.4, 0.5) is 0 Å². The molecule has 19 heavy (non-hydrogen) atoms. The highest BCUT2D eigenvalue weighted by Gasteiger charge is 2.13. The highest BCUT2D eigenvalue weighted by Crippen LogP contribution is 2.14. The van der Waals surface area contributed by atoms with Crippen molar-refractivity contribution in [2.45, 2.75) is 31.8 Å². The predicted octanol–water partition coefficient (Wildman–Crippen LogP) is 0.552. The molecule has 0 spiro atoms. The average molecular weight is 286 g/mol. The maximum atomic E-state index is 12.0. The third-order valence-electron chi connectivity index (χ3n) is 2.82. The van der Waals surface area contributed by atoms with Crippen LogP contribution in [0.15, 0.2) is 23.1 Å². The fourth-order valence-electron chi connectivity index (χ4n) is 1.55. The summed E-state index contributed by atoms with van der Waals surface area (Å²) in [6.45, 7) is 6.73. The Morgan fingerprint density at radius 1 is 1.21 bits per heavy atom. The lowest BCUT2D eigenvalue weighted by atomic mass is 10.1. The zero-order valence-corrected chi connectivity index (χ0v) is 12.4. The lowest BCUT2D eigenvalue weighted by molar-refractivity contribution is 0.192. The summed E-state index contributed by atoms with van der Waals surface area (Å²) >= 11 is 0. The van der Waals surface area contributed by atoms with Gasteiger partial charge < -0.3 is 10.4 Å². The molecule has 1 aromatic rings. The monoisotopic (exact) mass is 286 g/mol. The summed E-state index contributed by atoms with van der Waals surface area (Å²) < 4.78 is 26.5. The number of aryl methyl sites for hydroxylation is 2. The minimum atomic E-state index is -3.45. The van der Waals surface area contributed by atoms with E-state index >= 15 is 0 Å². The topological polar surface area (TPSA) is 78.4 Å². The zero-order valence-electron chi connectivity index (χ0n) is 11.6. The largest absolute Gasteiger partial charge is 0.392 e. The first kappa shape index (κ1) is 16.1. The lowest BCUT2D eigenvalue weighted by Gasteiger charge is -2.10. The molecule has 0 aromatic heterocycles. The summed E-state index contributed by atoms with van der Waals surface area (Å²) in [5, 5.41) is 12.0. The maximum absolute atomic E-state index is 12.0. The molecule has 1 atom stereocenters. The van der Waals surface area contributed by atoms with Crippen LogP contribution in [0.1, 0.15) is 18.1 Å². The smallest absolute Gasteiger partial charge is 0.240 e. The fraction of sp³-hybridized carbons (Fsp3) is 0.538. The number of hydrogen-bond donors (Lipinski definition) is 3. The van der Waals surface area contributed by atoms with Gasteiger partial charge in [-0.25, -0.2) is 13.1 Å². The quantitative estimate of drug-likeness (QED) is 0.640. The Balaban J connectivity index is 2.54. The molecule has 0 bridgehead atoms. The standard InChI is InChI=1S/C13H22N2O3S/c1-10-4-5-13(8-11(10)2)19(17,18)15-7-6-14-9-12(3)16/h4-5,8,12,14-16H,6-7,9H2,1-3H3. The third-order valence-corrected chi connectivity index (χ3v) is 4.28. The summed E-state index contributed by atoms with van der Waals surface area (Å²) in [6.07, 6.45) is -0.434. The Morgan fingerprint density at radius 2 is 1.89 bits per heavy atom. The molecular weight excluding hydrogens is 264 g/mol. The Bertz CT molecular complexity index is 513. The summed E-state index contributed by atoms with van der Waals surface area (Å²) in [4.78, 5) is 0.283.